The maximum atomic E-state index is 6.11. The molecular weight excluding hydrogens is 262 g/mol. The number of pyridine rings is 1. The van der Waals surface area contributed by atoms with E-state index in [9.17, 15) is 0 Å². The number of methoxy groups -OCH3 is 1. The van der Waals surface area contributed by atoms with Crippen molar-refractivity contribution in [1.82, 2.24) is 4.98 Å². The van der Waals surface area contributed by atoms with Crippen LogP contribution in [0.4, 0.5) is 17.2 Å². The Morgan fingerprint density at radius 1 is 1.37 bits per heavy atom. The number of aromatic nitrogens is 1. The van der Waals surface area contributed by atoms with Crippen LogP contribution in [0, 0.1) is 0 Å². The second-order valence-corrected chi connectivity index (χ2v) is 4.53. The number of nitrogens with one attached hydrogen (secondary N) is 1. The van der Waals surface area contributed by atoms with Crippen LogP contribution in [0.15, 0.2) is 36.5 Å². The third-order valence-corrected chi connectivity index (χ3v) is 3.00. The summed E-state index contributed by atoms with van der Waals surface area (Å²) in [5.74, 6) is 0.598. The van der Waals surface area contributed by atoms with Crippen molar-refractivity contribution in [2.45, 2.75) is 6.42 Å². The van der Waals surface area contributed by atoms with Crippen LogP contribution in [0.3, 0.4) is 0 Å². The molecule has 2 rings (SSSR count). The molecule has 0 amide bonds. The molecular formula is C14H16ClN3O. The van der Waals surface area contributed by atoms with Crippen LogP contribution in [0.5, 0.6) is 0 Å². The van der Waals surface area contributed by atoms with Gasteiger partial charge in [0.2, 0.25) is 0 Å². The molecule has 100 valence electrons. The summed E-state index contributed by atoms with van der Waals surface area (Å²) in [6.07, 6.45) is 2.40. The van der Waals surface area contributed by atoms with Crippen LogP contribution in [0.2, 0.25) is 5.02 Å². The minimum absolute atomic E-state index is 0.501. The van der Waals surface area contributed by atoms with E-state index in [1.165, 1.54) is 0 Å². The maximum absolute atomic E-state index is 6.11. The molecule has 0 atom stereocenters. The topological polar surface area (TPSA) is 60.2 Å². The average molecular weight is 278 g/mol. The van der Waals surface area contributed by atoms with Gasteiger partial charge in [-0.3, -0.25) is 0 Å². The number of rotatable bonds is 5. The number of nitrogen functional groups attached to an aromatic ring is 1. The van der Waals surface area contributed by atoms with E-state index >= 15 is 0 Å². The van der Waals surface area contributed by atoms with Crippen LogP contribution < -0.4 is 11.1 Å². The number of hydrogen-bond donors (Lipinski definition) is 2. The lowest BCUT2D eigenvalue weighted by atomic mass is 10.1. The molecule has 1 heterocycles. The molecule has 0 unspecified atom stereocenters. The van der Waals surface area contributed by atoms with Gasteiger partial charge in [-0.05, 0) is 24.1 Å². The number of nitrogens with zero attached hydrogens (tertiary/aromatic N) is 1. The molecule has 1 aromatic carbocycles. The monoisotopic (exact) mass is 277 g/mol. The first-order valence-electron chi connectivity index (χ1n) is 5.95. The van der Waals surface area contributed by atoms with Crippen molar-refractivity contribution < 1.29 is 4.74 Å². The van der Waals surface area contributed by atoms with E-state index in [2.05, 4.69) is 10.3 Å². The van der Waals surface area contributed by atoms with E-state index in [4.69, 9.17) is 22.1 Å². The first-order valence-corrected chi connectivity index (χ1v) is 6.33. The summed E-state index contributed by atoms with van der Waals surface area (Å²) in [5.41, 5.74) is 8.29. The van der Waals surface area contributed by atoms with Crippen molar-refractivity contribution in [2.75, 3.05) is 24.8 Å². The van der Waals surface area contributed by atoms with E-state index in [0.717, 1.165) is 17.7 Å². The van der Waals surface area contributed by atoms with Gasteiger partial charge in [0.1, 0.15) is 5.82 Å². The van der Waals surface area contributed by atoms with Gasteiger partial charge in [-0.2, -0.15) is 0 Å². The molecule has 0 aliphatic carbocycles. The van der Waals surface area contributed by atoms with Gasteiger partial charge < -0.3 is 15.8 Å². The third-order valence-electron chi connectivity index (χ3n) is 2.71. The van der Waals surface area contributed by atoms with Crippen LogP contribution in [-0.4, -0.2) is 18.7 Å². The minimum atomic E-state index is 0.501. The van der Waals surface area contributed by atoms with E-state index in [1.54, 1.807) is 19.4 Å². The SMILES string of the molecule is COCCc1ccccc1Nc1ncc(N)cc1Cl. The Kier molecular flexibility index (Phi) is 4.60. The lowest BCUT2D eigenvalue weighted by Crippen LogP contribution is -2.02. The summed E-state index contributed by atoms with van der Waals surface area (Å²) in [7, 11) is 1.69. The predicted octanol–water partition coefficient (Wildman–Crippen LogP) is 3.25. The van der Waals surface area contributed by atoms with Crippen LogP contribution in [-0.2, 0) is 11.2 Å². The van der Waals surface area contributed by atoms with Crippen molar-refractivity contribution in [3.05, 3.63) is 47.1 Å². The van der Waals surface area contributed by atoms with Gasteiger partial charge in [0, 0.05) is 12.8 Å². The fourth-order valence-electron chi connectivity index (χ4n) is 1.74. The Balaban J connectivity index is 2.22. The summed E-state index contributed by atoms with van der Waals surface area (Å²) < 4.78 is 5.10. The lowest BCUT2D eigenvalue weighted by Gasteiger charge is -2.12. The fourth-order valence-corrected chi connectivity index (χ4v) is 1.97. The Labute approximate surface area is 117 Å². The normalized spacial score (nSPS) is 10.4. The van der Waals surface area contributed by atoms with Crippen molar-refractivity contribution in [1.29, 1.82) is 0 Å². The van der Waals surface area contributed by atoms with Gasteiger partial charge in [0.25, 0.3) is 0 Å². The number of ether oxygens (including phenoxy) is 1. The summed E-state index contributed by atoms with van der Waals surface area (Å²) in [4.78, 5) is 4.20. The molecule has 5 heteroatoms. The highest BCUT2D eigenvalue weighted by molar-refractivity contribution is 6.33. The number of benzene rings is 1. The summed E-state index contributed by atoms with van der Waals surface area (Å²) in [6, 6.07) is 9.67. The maximum Gasteiger partial charge on any atom is 0.149 e. The van der Waals surface area contributed by atoms with E-state index < -0.39 is 0 Å². The summed E-state index contributed by atoms with van der Waals surface area (Å²) in [5, 5.41) is 3.72. The first-order chi connectivity index (χ1) is 9.20. The smallest absolute Gasteiger partial charge is 0.149 e. The molecule has 19 heavy (non-hydrogen) atoms. The minimum Gasteiger partial charge on any atom is -0.397 e. The van der Waals surface area contributed by atoms with Gasteiger partial charge >= 0.3 is 0 Å². The van der Waals surface area contributed by atoms with Crippen LogP contribution >= 0.6 is 11.6 Å². The Bertz CT molecular complexity index is 560. The average Bonchev–Trinajstić information content (AvgIpc) is 2.41. The van der Waals surface area contributed by atoms with Crippen molar-refractivity contribution in [3.8, 4) is 0 Å². The van der Waals surface area contributed by atoms with Crippen molar-refractivity contribution in [3.63, 3.8) is 0 Å². The number of halogens is 1. The standard InChI is InChI=1S/C14H16ClN3O/c1-19-7-6-10-4-2-3-5-13(10)18-14-12(15)8-11(16)9-17-14/h2-5,8-9H,6-7,16H2,1H3,(H,17,18). The highest BCUT2D eigenvalue weighted by atomic mass is 35.5. The second-order valence-electron chi connectivity index (χ2n) is 4.12. The van der Waals surface area contributed by atoms with E-state index in [1.807, 2.05) is 24.3 Å². The quantitative estimate of drug-likeness (QED) is 0.881. The molecule has 0 radical (unpaired) electrons. The van der Waals surface area contributed by atoms with Gasteiger partial charge in [-0.1, -0.05) is 29.8 Å². The number of para-hydroxylation sites is 1. The van der Waals surface area contributed by atoms with Crippen LogP contribution in [0.1, 0.15) is 5.56 Å². The van der Waals surface area contributed by atoms with Gasteiger partial charge in [0.05, 0.1) is 23.5 Å². The van der Waals surface area contributed by atoms with Crippen molar-refractivity contribution >= 4 is 28.8 Å². The summed E-state index contributed by atoms with van der Waals surface area (Å²) in [6.45, 7) is 0.668. The molecule has 0 aliphatic rings. The van der Waals surface area contributed by atoms with E-state index in [0.29, 0.717) is 23.1 Å². The van der Waals surface area contributed by atoms with Gasteiger partial charge in [0.15, 0.2) is 0 Å². The van der Waals surface area contributed by atoms with Gasteiger partial charge in [-0.15, -0.1) is 0 Å². The summed E-state index contributed by atoms with van der Waals surface area (Å²) >= 11 is 6.11. The Hall–Kier alpha value is -1.78. The van der Waals surface area contributed by atoms with Gasteiger partial charge in [-0.25, -0.2) is 4.98 Å². The molecule has 0 aliphatic heterocycles. The second kappa shape index (κ2) is 6.41. The predicted molar refractivity (Wildman–Crippen MR) is 79.0 cm³/mol. The molecule has 0 spiro atoms. The molecule has 0 fully saturated rings. The molecule has 1 aromatic heterocycles. The first kappa shape index (κ1) is 13.6. The molecule has 0 bridgehead atoms. The Morgan fingerprint density at radius 2 is 2.16 bits per heavy atom. The molecule has 4 nitrogen and oxygen atoms in total. The zero-order valence-corrected chi connectivity index (χ0v) is 11.4. The largest absolute Gasteiger partial charge is 0.397 e. The molecule has 3 N–H and O–H groups in total. The number of hydrogen-bond acceptors (Lipinski definition) is 4. The van der Waals surface area contributed by atoms with Crippen LogP contribution in [0.25, 0.3) is 0 Å². The third kappa shape index (κ3) is 3.59. The number of anilines is 3. The molecule has 0 saturated heterocycles. The highest BCUT2D eigenvalue weighted by Crippen LogP contribution is 2.26. The highest BCUT2D eigenvalue weighted by Gasteiger charge is 2.06. The van der Waals surface area contributed by atoms with E-state index in [-0.39, 0.29) is 0 Å². The number of nitrogens with two attached hydrogens (primary N) is 1. The zero-order chi connectivity index (χ0) is 13.7. The molecule has 2 aromatic rings. The Morgan fingerprint density at radius 3 is 2.89 bits per heavy atom. The fraction of sp³-hybridized carbons (Fsp3) is 0.214. The van der Waals surface area contributed by atoms with Crippen molar-refractivity contribution in [2.24, 2.45) is 0 Å². The zero-order valence-electron chi connectivity index (χ0n) is 10.7. The molecule has 0 saturated carbocycles. The lowest BCUT2D eigenvalue weighted by molar-refractivity contribution is 0.202.